The molecule has 0 aromatic heterocycles. The molecule has 1 heterocycles. The van der Waals surface area contributed by atoms with Crippen LogP contribution in [0.4, 0.5) is 5.69 Å². The normalized spacial score (nSPS) is 32.8. The van der Waals surface area contributed by atoms with Gasteiger partial charge in [0.15, 0.2) is 0 Å². The Bertz CT molecular complexity index is 470. The molecular weight excluding hydrogens is 256 g/mol. The lowest BCUT2D eigenvalue weighted by Crippen LogP contribution is -2.48. The first-order chi connectivity index (χ1) is 10.2. The molecule has 1 aliphatic heterocycles. The van der Waals surface area contributed by atoms with E-state index in [4.69, 9.17) is 0 Å². The highest BCUT2D eigenvalue weighted by Crippen LogP contribution is 2.36. The van der Waals surface area contributed by atoms with Gasteiger partial charge >= 0.3 is 0 Å². The number of nitrogens with one attached hydrogen (secondary N) is 1. The fraction of sp³-hybridized carbons (Fsp3) is 0.684. The minimum absolute atomic E-state index is 0.679. The van der Waals surface area contributed by atoms with Crippen LogP contribution in [0.15, 0.2) is 24.3 Å². The minimum Gasteiger partial charge on any atom is -0.371 e. The second kappa shape index (κ2) is 6.39. The van der Waals surface area contributed by atoms with E-state index in [1.54, 1.807) is 5.56 Å². The summed E-state index contributed by atoms with van der Waals surface area (Å²) in [7, 11) is 2.15. The summed E-state index contributed by atoms with van der Waals surface area (Å²) in [6, 6.07) is 9.68. The highest BCUT2D eigenvalue weighted by atomic mass is 15.1. The van der Waals surface area contributed by atoms with Crippen molar-refractivity contribution in [3.63, 3.8) is 0 Å². The van der Waals surface area contributed by atoms with Gasteiger partial charge in [-0.2, -0.15) is 0 Å². The smallest absolute Gasteiger partial charge is 0.0398 e. The molecule has 2 aliphatic rings. The van der Waals surface area contributed by atoms with Crippen LogP contribution in [0.1, 0.15) is 38.7 Å². The van der Waals surface area contributed by atoms with E-state index in [1.807, 2.05) is 0 Å². The monoisotopic (exact) mass is 286 g/mol. The molecule has 0 spiro atoms. The Morgan fingerprint density at radius 3 is 2.81 bits per heavy atom. The number of para-hydroxylation sites is 1. The zero-order valence-corrected chi connectivity index (χ0v) is 13.8. The lowest BCUT2D eigenvalue weighted by Gasteiger charge is -2.43. The van der Waals surface area contributed by atoms with Gasteiger partial charge in [-0.1, -0.05) is 32.0 Å². The molecule has 1 aromatic rings. The molecule has 1 fully saturated rings. The Balaban J connectivity index is 1.77. The van der Waals surface area contributed by atoms with Crippen molar-refractivity contribution in [2.24, 2.45) is 17.8 Å². The Kier molecular flexibility index (Phi) is 4.54. The van der Waals surface area contributed by atoms with Gasteiger partial charge in [0.05, 0.1) is 0 Å². The van der Waals surface area contributed by atoms with E-state index < -0.39 is 0 Å². The van der Waals surface area contributed by atoms with Gasteiger partial charge in [-0.25, -0.2) is 0 Å². The molecule has 1 aliphatic carbocycles. The molecule has 0 amide bonds. The van der Waals surface area contributed by atoms with Crippen LogP contribution in [0.2, 0.25) is 0 Å². The summed E-state index contributed by atoms with van der Waals surface area (Å²) in [6.07, 6.45) is 5.28. The van der Waals surface area contributed by atoms with Crippen molar-refractivity contribution < 1.29 is 0 Å². The molecular formula is C19H30N2. The highest BCUT2D eigenvalue weighted by Gasteiger charge is 2.34. The zero-order valence-electron chi connectivity index (χ0n) is 13.8. The Morgan fingerprint density at radius 2 is 2.00 bits per heavy atom. The van der Waals surface area contributed by atoms with Gasteiger partial charge in [0, 0.05) is 24.8 Å². The van der Waals surface area contributed by atoms with E-state index in [1.165, 1.54) is 44.5 Å². The number of hydrogen-bond donors (Lipinski definition) is 1. The molecule has 4 unspecified atom stereocenters. The van der Waals surface area contributed by atoms with E-state index in [2.05, 4.69) is 55.4 Å². The van der Waals surface area contributed by atoms with E-state index in [0.717, 1.165) is 17.8 Å². The summed E-state index contributed by atoms with van der Waals surface area (Å²) in [6.45, 7) is 7.32. The Morgan fingerprint density at radius 1 is 1.19 bits per heavy atom. The molecule has 3 rings (SSSR count). The molecule has 0 bridgehead atoms. The number of rotatable bonds is 3. The van der Waals surface area contributed by atoms with Crippen molar-refractivity contribution in [3.8, 4) is 0 Å². The summed E-state index contributed by atoms with van der Waals surface area (Å²) in [4.78, 5) is 2.65. The summed E-state index contributed by atoms with van der Waals surface area (Å²) in [5.74, 6) is 2.46. The average Bonchev–Trinajstić information content (AvgIpc) is 2.50. The molecule has 1 aromatic carbocycles. The number of anilines is 1. The van der Waals surface area contributed by atoms with Crippen LogP contribution in [0.5, 0.6) is 0 Å². The molecule has 0 saturated heterocycles. The largest absolute Gasteiger partial charge is 0.371 e. The van der Waals surface area contributed by atoms with E-state index in [9.17, 15) is 0 Å². The fourth-order valence-corrected chi connectivity index (χ4v) is 4.61. The fourth-order valence-electron chi connectivity index (χ4n) is 4.61. The zero-order chi connectivity index (χ0) is 14.8. The van der Waals surface area contributed by atoms with Crippen molar-refractivity contribution in [1.29, 1.82) is 0 Å². The Labute approximate surface area is 129 Å². The van der Waals surface area contributed by atoms with Crippen molar-refractivity contribution in [1.82, 2.24) is 5.32 Å². The van der Waals surface area contributed by atoms with Crippen molar-refractivity contribution in [3.05, 3.63) is 29.8 Å². The second-order valence-corrected chi connectivity index (χ2v) is 7.29. The van der Waals surface area contributed by atoms with Crippen molar-refractivity contribution in [2.45, 2.75) is 45.6 Å². The minimum atomic E-state index is 0.679. The second-order valence-electron chi connectivity index (χ2n) is 7.29. The van der Waals surface area contributed by atoms with Gasteiger partial charge in [0.2, 0.25) is 0 Å². The number of nitrogens with zero attached hydrogens (tertiary/aromatic N) is 1. The lowest BCUT2D eigenvalue weighted by molar-refractivity contribution is 0.157. The summed E-state index contributed by atoms with van der Waals surface area (Å²) in [5, 5.41) is 3.60. The molecule has 1 N–H and O–H groups in total. The maximum absolute atomic E-state index is 3.60. The van der Waals surface area contributed by atoms with Crippen LogP contribution in [0.25, 0.3) is 0 Å². The molecule has 21 heavy (non-hydrogen) atoms. The van der Waals surface area contributed by atoms with Gasteiger partial charge < -0.3 is 10.2 Å². The van der Waals surface area contributed by atoms with E-state index in [0.29, 0.717) is 6.04 Å². The van der Waals surface area contributed by atoms with Crippen LogP contribution in [0.3, 0.4) is 0 Å². The predicted molar refractivity (Wildman–Crippen MR) is 90.9 cm³/mol. The first kappa shape index (κ1) is 14.9. The van der Waals surface area contributed by atoms with Crippen LogP contribution >= 0.6 is 0 Å². The van der Waals surface area contributed by atoms with Gasteiger partial charge in [0.25, 0.3) is 0 Å². The molecule has 2 heteroatoms. The third-order valence-electron chi connectivity index (χ3n) is 5.69. The van der Waals surface area contributed by atoms with Crippen LogP contribution in [-0.4, -0.2) is 26.2 Å². The van der Waals surface area contributed by atoms with Crippen LogP contribution in [-0.2, 0) is 6.42 Å². The molecule has 0 radical (unpaired) electrons. The molecule has 116 valence electrons. The van der Waals surface area contributed by atoms with Gasteiger partial charge in [-0.05, 0) is 62.1 Å². The third kappa shape index (κ3) is 3.11. The summed E-state index contributed by atoms with van der Waals surface area (Å²) in [5.41, 5.74) is 3.03. The SMILES string of the molecule is CNC1CC(C)CC(C)C1CN1CCCc2ccccc21. The number of aryl methyl sites for hydroxylation is 1. The van der Waals surface area contributed by atoms with Crippen LogP contribution < -0.4 is 10.2 Å². The predicted octanol–water partition coefficient (Wildman–Crippen LogP) is 3.71. The maximum Gasteiger partial charge on any atom is 0.0398 e. The van der Waals surface area contributed by atoms with E-state index in [-0.39, 0.29) is 0 Å². The van der Waals surface area contributed by atoms with Crippen molar-refractivity contribution in [2.75, 3.05) is 25.0 Å². The summed E-state index contributed by atoms with van der Waals surface area (Å²) >= 11 is 0. The molecule has 4 atom stereocenters. The average molecular weight is 286 g/mol. The first-order valence-electron chi connectivity index (χ1n) is 8.69. The van der Waals surface area contributed by atoms with Gasteiger partial charge in [0.1, 0.15) is 0 Å². The van der Waals surface area contributed by atoms with Gasteiger partial charge in [-0.3, -0.25) is 0 Å². The first-order valence-corrected chi connectivity index (χ1v) is 8.69. The van der Waals surface area contributed by atoms with E-state index >= 15 is 0 Å². The molecule has 2 nitrogen and oxygen atoms in total. The number of hydrogen-bond acceptors (Lipinski definition) is 2. The van der Waals surface area contributed by atoms with Gasteiger partial charge in [-0.15, -0.1) is 0 Å². The number of benzene rings is 1. The standard InChI is InChI=1S/C19H30N2/c1-14-11-15(2)17(18(12-14)20-3)13-21-10-6-8-16-7-4-5-9-19(16)21/h4-5,7,9,14-15,17-18,20H,6,8,10-13H2,1-3H3. The highest BCUT2D eigenvalue weighted by molar-refractivity contribution is 5.55. The molecule has 1 saturated carbocycles. The number of fused-ring (bicyclic) bond motifs is 1. The van der Waals surface area contributed by atoms with Crippen LogP contribution in [0, 0.1) is 17.8 Å². The topological polar surface area (TPSA) is 15.3 Å². The third-order valence-corrected chi connectivity index (χ3v) is 5.69. The lowest BCUT2D eigenvalue weighted by atomic mass is 9.72. The summed E-state index contributed by atoms with van der Waals surface area (Å²) < 4.78 is 0. The maximum atomic E-state index is 3.60. The Hall–Kier alpha value is -1.02. The quantitative estimate of drug-likeness (QED) is 0.911. The van der Waals surface area contributed by atoms with Crippen molar-refractivity contribution >= 4 is 5.69 Å².